The standard InChI is InChI=1S/C28H25F2N4O5S/c1-28-25(16-5-4-6-21-17(16)13-15-7-8-19(29)22(30)18(15)14-40-21)38-12-11-33(28)26(36)23-24(39-27(37)32(2)3)20(35)9-10-34(23)31-28/h4-10,25H,11-14H2,1-3H3/q-1/t25-,28-/m0/s1. The first kappa shape index (κ1) is 26.3. The summed E-state index contributed by atoms with van der Waals surface area (Å²) in [6, 6.07) is 9.63. The molecule has 1 amide bonds. The highest BCUT2D eigenvalue weighted by Gasteiger charge is 2.50. The first-order valence-electron chi connectivity index (χ1n) is 12.6. The molecule has 0 saturated carbocycles. The summed E-state index contributed by atoms with van der Waals surface area (Å²) in [5.74, 6) is -2.97. The Bertz CT molecular complexity index is 1680. The number of hydrogen-bond donors (Lipinski definition) is 0. The van der Waals surface area contributed by atoms with Gasteiger partial charge in [0.2, 0.25) is 11.9 Å². The van der Waals surface area contributed by atoms with Crippen molar-refractivity contribution in [2.45, 2.75) is 35.8 Å². The van der Waals surface area contributed by atoms with Crippen LogP contribution in [0.5, 0.6) is 11.5 Å². The van der Waals surface area contributed by atoms with E-state index in [2.05, 4.69) is 0 Å². The molecule has 0 spiro atoms. The quantitative estimate of drug-likeness (QED) is 0.435. The van der Waals surface area contributed by atoms with Crippen LogP contribution >= 0.6 is 11.8 Å². The number of carbonyl (C=O) groups excluding carboxylic acids is 1. The fraction of sp³-hybridized carbons (Fsp3) is 0.321. The van der Waals surface area contributed by atoms with Crippen LogP contribution in [0, 0.1) is 11.6 Å². The number of ether oxygens (including phenoxy) is 2. The highest BCUT2D eigenvalue weighted by Crippen LogP contribution is 2.45. The number of aromatic nitrogens is 1. The zero-order valence-corrected chi connectivity index (χ0v) is 22.8. The average molecular weight is 568 g/mol. The van der Waals surface area contributed by atoms with Crippen LogP contribution in [0.3, 0.4) is 0 Å². The van der Waals surface area contributed by atoms with Gasteiger partial charge in [-0.05, 0) is 47.3 Å². The van der Waals surface area contributed by atoms with Crippen molar-refractivity contribution >= 4 is 23.7 Å². The highest BCUT2D eigenvalue weighted by molar-refractivity contribution is 7.98. The lowest BCUT2D eigenvalue weighted by molar-refractivity contribution is -0.587. The van der Waals surface area contributed by atoms with E-state index in [1.165, 1.54) is 47.4 Å². The Morgan fingerprint density at radius 2 is 2.02 bits per heavy atom. The second kappa shape index (κ2) is 9.63. The van der Waals surface area contributed by atoms with Gasteiger partial charge in [0, 0.05) is 48.8 Å². The molecule has 6 rings (SSSR count). The van der Waals surface area contributed by atoms with Crippen LogP contribution < -0.4 is 24.7 Å². The summed E-state index contributed by atoms with van der Waals surface area (Å²) < 4.78 is 41.5. The Morgan fingerprint density at radius 1 is 1.23 bits per heavy atom. The van der Waals surface area contributed by atoms with Gasteiger partial charge in [-0.3, -0.25) is 0 Å². The van der Waals surface area contributed by atoms with E-state index in [0.717, 1.165) is 27.0 Å². The summed E-state index contributed by atoms with van der Waals surface area (Å²) in [7, 11) is 2.94. The molecule has 208 valence electrons. The predicted octanol–water partition coefficient (Wildman–Crippen LogP) is 1.84. The maximum absolute atomic E-state index is 14.7. The van der Waals surface area contributed by atoms with E-state index in [9.17, 15) is 23.8 Å². The molecule has 1 saturated heterocycles. The zero-order chi connectivity index (χ0) is 28.3. The van der Waals surface area contributed by atoms with Crippen LogP contribution in [0.25, 0.3) is 5.88 Å². The maximum atomic E-state index is 14.7. The van der Waals surface area contributed by atoms with Gasteiger partial charge >= 0.3 is 6.09 Å². The summed E-state index contributed by atoms with van der Waals surface area (Å²) in [5, 5.41) is 31.3. The van der Waals surface area contributed by atoms with Crippen LogP contribution in [-0.4, -0.2) is 48.8 Å². The largest absolute Gasteiger partial charge is 0.870 e. The number of benzene rings is 2. The van der Waals surface area contributed by atoms with Crippen LogP contribution in [0.4, 0.5) is 13.6 Å². The fourth-order valence-electron chi connectivity index (χ4n) is 5.44. The van der Waals surface area contributed by atoms with Gasteiger partial charge in [0.05, 0.1) is 6.61 Å². The topological polar surface area (TPSA) is 106 Å². The summed E-state index contributed by atoms with van der Waals surface area (Å²) in [6.07, 6.45) is 0.204. The molecule has 2 aromatic carbocycles. The van der Waals surface area contributed by atoms with Gasteiger partial charge in [-0.25, -0.2) is 13.6 Å². The SMILES string of the molecule is CN(C)C(=O)Oc1c([O-])cc[n+]2c1=C([O-])N1CCO[C@@H](c3cccc4c3Cc3ccc(F)c(F)c3CS4)[C@@]1(C)N=2. The normalized spacial score (nSPS) is 21.3. The molecule has 40 heavy (non-hydrogen) atoms. The first-order chi connectivity index (χ1) is 19.1. The summed E-state index contributed by atoms with van der Waals surface area (Å²) >= 11 is 1.42. The summed E-state index contributed by atoms with van der Waals surface area (Å²) in [4.78, 5) is 15.8. The number of halogens is 2. The van der Waals surface area contributed by atoms with Gasteiger partial charge in [0.25, 0.3) is 5.35 Å². The molecule has 1 fully saturated rings. The smallest absolute Gasteiger partial charge is 0.414 e. The number of pyridine rings is 1. The number of fused-ring (bicyclic) bond motifs is 4. The number of nitrogens with zero attached hydrogens (tertiary/aromatic N) is 4. The lowest BCUT2D eigenvalue weighted by Crippen LogP contribution is -2.65. The van der Waals surface area contributed by atoms with Crippen LogP contribution in [0.2, 0.25) is 0 Å². The van der Waals surface area contributed by atoms with Crippen molar-refractivity contribution in [3.63, 3.8) is 0 Å². The molecule has 3 aliphatic heterocycles. The van der Waals surface area contributed by atoms with Gasteiger partial charge in [0.1, 0.15) is 6.10 Å². The Hall–Kier alpha value is -3.90. The van der Waals surface area contributed by atoms with Crippen molar-refractivity contribution in [3.8, 4) is 11.5 Å². The molecule has 0 radical (unpaired) electrons. The number of morpholine rings is 1. The molecule has 3 aliphatic rings. The van der Waals surface area contributed by atoms with E-state index in [0.29, 0.717) is 17.5 Å². The van der Waals surface area contributed by atoms with E-state index in [1.807, 2.05) is 18.2 Å². The monoisotopic (exact) mass is 567 g/mol. The number of thioether (sulfide) groups is 1. The van der Waals surface area contributed by atoms with Gasteiger partial charge < -0.3 is 29.5 Å². The van der Waals surface area contributed by atoms with Crippen LogP contribution in [-0.2, 0) is 16.9 Å². The second-order valence-electron chi connectivity index (χ2n) is 10.2. The van der Waals surface area contributed by atoms with Crippen molar-refractivity contribution in [3.05, 3.63) is 81.8 Å². The Morgan fingerprint density at radius 3 is 2.80 bits per heavy atom. The minimum atomic E-state index is -1.23. The van der Waals surface area contributed by atoms with Gasteiger partial charge in [-0.1, -0.05) is 28.3 Å². The van der Waals surface area contributed by atoms with Gasteiger partial charge in [0.15, 0.2) is 17.4 Å². The van der Waals surface area contributed by atoms with Gasteiger partial charge in [-0.2, -0.15) is 0 Å². The fourth-order valence-corrected chi connectivity index (χ4v) is 6.59. The summed E-state index contributed by atoms with van der Waals surface area (Å²) in [5.41, 5.74) is 1.44. The average Bonchev–Trinajstić information content (AvgIpc) is 3.12. The third kappa shape index (κ3) is 4.05. The number of carbonyl (C=O) groups is 1. The van der Waals surface area contributed by atoms with Crippen LogP contribution in [0.1, 0.15) is 35.3 Å². The maximum Gasteiger partial charge on any atom is 0.414 e. The molecule has 0 N–H and O–H groups in total. The molecule has 4 heterocycles. The van der Waals surface area contributed by atoms with E-state index >= 15 is 0 Å². The van der Waals surface area contributed by atoms with Crippen molar-refractivity contribution < 1.29 is 37.6 Å². The van der Waals surface area contributed by atoms with Gasteiger partial charge in [-0.15, -0.1) is 11.8 Å². The number of amides is 1. The van der Waals surface area contributed by atoms with Crippen molar-refractivity contribution in [1.29, 1.82) is 0 Å². The molecule has 3 aromatic rings. The van der Waals surface area contributed by atoms with E-state index < -0.39 is 46.9 Å². The number of rotatable bonds is 2. The van der Waals surface area contributed by atoms with Crippen molar-refractivity contribution in [2.24, 2.45) is 5.11 Å². The lowest BCUT2D eigenvalue weighted by atomic mass is 9.88. The molecule has 0 unspecified atom stereocenters. The Kier molecular flexibility index (Phi) is 6.34. The molecule has 1 aromatic heterocycles. The third-order valence-corrected chi connectivity index (χ3v) is 8.60. The number of hydrogen-bond acceptors (Lipinski definition) is 8. The van der Waals surface area contributed by atoms with Crippen molar-refractivity contribution in [2.75, 3.05) is 27.2 Å². The molecule has 2 atom stereocenters. The lowest BCUT2D eigenvalue weighted by Gasteiger charge is -2.49. The molecule has 9 nitrogen and oxygen atoms in total. The Labute approximate surface area is 232 Å². The van der Waals surface area contributed by atoms with E-state index in [-0.39, 0.29) is 24.3 Å². The van der Waals surface area contributed by atoms with E-state index in [4.69, 9.17) is 14.6 Å². The van der Waals surface area contributed by atoms with Crippen molar-refractivity contribution in [1.82, 2.24) is 9.80 Å². The molecule has 0 aliphatic carbocycles. The minimum Gasteiger partial charge on any atom is -0.870 e. The Balaban J connectivity index is 1.49. The first-order valence-corrected chi connectivity index (χ1v) is 13.6. The molecular weight excluding hydrogens is 542 g/mol. The van der Waals surface area contributed by atoms with E-state index in [1.54, 1.807) is 13.0 Å². The molecule has 12 heteroatoms. The molecular formula is C28H25F2N4O5S-. The van der Waals surface area contributed by atoms with Crippen LogP contribution in [0.15, 0.2) is 52.6 Å². The second-order valence-corrected chi connectivity index (χ2v) is 11.2. The predicted molar refractivity (Wildman–Crippen MR) is 136 cm³/mol. The minimum absolute atomic E-state index is 0.144. The zero-order valence-electron chi connectivity index (χ0n) is 21.9. The highest BCUT2D eigenvalue weighted by atomic mass is 32.2. The molecule has 0 bridgehead atoms. The third-order valence-electron chi connectivity index (χ3n) is 7.47. The summed E-state index contributed by atoms with van der Waals surface area (Å²) in [6.45, 7) is 2.16.